The van der Waals surface area contributed by atoms with Gasteiger partial charge in [0.2, 0.25) is 0 Å². The summed E-state index contributed by atoms with van der Waals surface area (Å²) in [5, 5.41) is 0. The van der Waals surface area contributed by atoms with Crippen LogP contribution in [0.1, 0.15) is 27.7 Å². The van der Waals surface area contributed by atoms with E-state index in [0.717, 1.165) is 18.5 Å². The third-order valence-corrected chi connectivity index (χ3v) is 2.16. The van der Waals surface area contributed by atoms with E-state index in [1.54, 1.807) is 0 Å². The maximum Gasteiger partial charge on any atom is 0.00867 e. The minimum absolute atomic E-state index is 0.718. The summed E-state index contributed by atoms with van der Waals surface area (Å²) in [7, 11) is 2.17. The molecule has 0 N–H and O–H groups in total. The van der Waals surface area contributed by atoms with Crippen LogP contribution in [0, 0.1) is 5.92 Å². The van der Waals surface area contributed by atoms with E-state index in [2.05, 4.69) is 52.8 Å². The third kappa shape index (κ3) is 6.11. The first-order chi connectivity index (χ1) is 5.09. The van der Waals surface area contributed by atoms with Gasteiger partial charge in [-0.15, -0.1) is 13.2 Å². The van der Waals surface area contributed by atoms with Gasteiger partial charge >= 0.3 is 0 Å². The minimum Gasteiger partial charge on any atom is -0.304 e. The fourth-order valence-electron chi connectivity index (χ4n) is 0.797. The molecule has 1 unspecified atom stereocenters. The second-order valence-electron chi connectivity index (χ2n) is 3.06. The van der Waals surface area contributed by atoms with Crippen LogP contribution in [-0.2, 0) is 0 Å². The van der Waals surface area contributed by atoms with E-state index >= 15 is 0 Å². The highest BCUT2D eigenvalue weighted by Crippen LogP contribution is 2.06. The second kappa shape index (κ2) is 7.80. The Bertz CT molecular complexity index is 78.9. The van der Waals surface area contributed by atoms with Crippen LogP contribution in [0.3, 0.4) is 0 Å². The van der Waals surface area contributed by atoms with Gasteiger partial charge in [0.25, 0.3) is 0 Å². The molecule has 1 nitrogen and oxygen atoms in total. The van der Waals surface area contributed by atoms with Gasteiger partial charge in [0.05, 0.1) is 0 Å². The molecule has 0 bridgehead atoms. The third-order valence-electron chi connectivity index (χ3n) is 2.16. The molecule has 0 rings (SSSR count). The Kier molecular flexibility index (Phi) is 9.44. The maximum atomic E-state index is 3.00. The molecular formula is C10H23N. The Morgan fingerprint density at radius 2 is 1.55 bits per heavy atom. The van der Waals surface area contributed by atoms with Crippen LogP contribution >= 0.6 is 0 Å². The summed E-state index contributed by atoms with van der Waals surface area (Å²) in [6, 6.07) is 0.718. The molecule has 1 heteroatoms. The molecule has 68 valence electrons. The van der Waals surface area contributed by atoms with Gasteiger partial charge in [-0.2, -0.15) is 0 Å². The van der Waals surface area contributed by atoms with Gasteiger partial charge in [0.15, 0.2) is 0 Å². The van der Waals surface area contributed by atoms with Gasteiger partial charge in [-0.1, -0.05) is 20.8 Å². The van der Waals surface area contributed by atoms with Crippen molar-refractivity contribution in [3.8, 4) is 0 Å². The molecule has 1 atom stereocenters. The molecule has 0 radical (unpaired) electrons. The van der Waals surface area contributed by atoms with E-state index in [1.807, 2.05) is 0 Å². The zero-order chi connectivity index (χ0) is 9.44. The molecule has 11 heavy (non-hydrogen) atoms. The number of rotatable bonds is 3. The van der Waals surface area contributed by atoms with E-state index < -0.39 is 0 Å². The summed E-state index contributed by atoms with van der Waals surface area (Å²) in [5.74, 6) is 0.773. The second-order valence-corrected chi connectivity index (χ2v) is 3.06. The molecule has 0 fully saturated rings. The van der Waals surface area contributed by atoms with Gasteiger partial charge < -0.3 is 4.90 Å². The van der Waals surface area contributed by atoms with Crippen molar-refractivity contribution in [1.82, 2.24) is 4.90 Å². The van der Waals surface area contributed by atoms with E-state index in [9.17, 15) is 0 Å². The molecule has 0 aromatic carbocycles. The van der Waals surface area contributed by atoms with Crippen molar-refractivity contribution in [1.29, 1.82) is 0 Å². The lowest BCUT2D eigenvalue weighted by Gasteiger charge is -2.26. The molecular weight excluding hydrogens is 134 g/mol. The average Bonchev–Trinajstić information content (AvgIpc) is 2.05. The first-order valence-electron chi connectivity index (χ1n) is 4.29. The molecule has 0 spiro atoms. The zero-order valence-electron chi connectivity index (χ0n) is 8.72. The normalized spacial score (nSPS) is 12.6. The lowest BCUT2D eigenvalue weighted by molar-refractivity contribution is 0.218. The van der Waals surface area contributed by atoms with Crippen molar-refractivity contribution < 1.29 is 0 Å². The number of nitrogens with zero attached hydrogens (tertiary/aromatic N) is 1. The van der Waals surface area contributed by atoms with E-state index in [4.69, 9.17) is 0 Å². The lowest BCUT2D eigenvalue weighted by Crippen LogP contribution is -2.32. The van der Waals surface area contributed by atoms with Crippen LogP contribution in [0.4, 0.5) is 0 Å². The highest BCUT2D eigenvalue weighted by molar-refractivity contribution is 4.64. The summed E-state index contributed by atoms with van der Waals surface area (Å²) in [5.41, 5.74) is 0. The minimum atomic E-state index is 0.718. The summed E-state index contributed by atoms with van der Waals surface area (Å²) >= 11 is 0. The standard InChI is InChI=1S/C8H19N.C2H4/c1-6-9(5)8(4)7(2)3;1-2/h7-8H,6H2,1-5H3;1-2H2. The molecule has 0 amide bonds. The molecule has 0 aliphatic rings. The van der Waals surface area contributed by atoms with Crippen LogP contribution in [0.5, 0.6) is 0 Å². The van der Waals surface area contributed by atoms with Crippen LogP contribution < -0.4 is 0 Å². The van der Waals surface area contributed by atoms with Gasteiger partial charge in [-0.05, 0) is 26.4 Å². The first kappa shape index (κ1) is 13.3. The van der Waals surface area contributed by atoms with E-state index in [0.29, 0.717) is 0 Å². The van der Waals surface area contributed by atoms with Crippen LogP contribution in [0.25, 0.3) is 0 Å². The SMILES string of the molecule is C=C.CCN(C)C(C)C(C)C. The number of hydrogen-bond acceptors (Lipinski definition) is 1. The largest absolute Gasteiger partial charge is 0.304 e. The monoisotopic (exact) mass is 157 g/mol. The zero-order valence-corrected chi connectivity index (χ0v) is 8.72. The highest BCUT2D eigenvalue weighted by atomic mass is 15.1. The quantitative estimate of drug-likeness (QED) is 0.569. The fourth-order valence-corrected chi connectivity index (χ4v) is 0.797. The van der Waals surface area contributed by atoms with Crippen molar-refractivity contribution in [2.24, 2.45) is 5.92 Å². The molecule has 0 aromatic rings. The fraction of sp³-hybridized carbons (Fsp3) is 0.800. The average molecular weight is 157 g/mol. The Balaban J connectivity index is 0. The predicted molar refractivity (Wildman–Crippen MR) is 53.9 cm³/mol. The number of hydrogen-bond donors (Lipinski definition) is 0. The Morgan fingerprint density at radius 1 is 1.18 bits per heavy atom. The summed E-state index contributed by atoms with van der Waals surface area (Å²) in [4.78, 5) is 2.37. The topological polar surface area (TPSA) is 3.24 Å². The van der Waals surface area contributed by atoms with Crippen molar-refractivity contribution >= 4 is 0 Å². The molecule has 0 heterocycles. The van der Waals surface area contributed by atoms with E-state index in [1.165, 1.54) is 0 Å². The first-order valence-corrected chi connectivity index (χ1v) is 4.29. The Labute approximate surface area is 72.1 Å². The Hall–Kier alpha value is -0.300. The van der Waals surface area contributed by atoms with Crippen LogP contribution in [0.2, 0.25) is 0 Å². The van der Waals surface area contributed by atoms with Crippen LogP contribution in [0.15, 0.2) is 13.2 Å². The smallest absolute Gasteiger partial charge is 0.00867 e. The molecule has 0 saturated carbocycles. The Morgan fingerprint density at radius 3 is 1.64 bits per heavy atom. The van der Waals surface area contributed by atoms with Crippen molar-refractivity contribution in [3.05, 3.63) is 13.2 Å². The summed E-state index contributed by atoms with van der Waals surface area (Å²) in [6.45, 7) is 16.1. The highest BCUT2D eigenvalue weighted by Gasteiger charge is 2.09. The molecule has 0 aromatic heterocycles. The maximum absolute atomic E-state index is 3.00. The molecule has 0 saturated heterocycles. The van der Waals surface area contributed by atoms with Gasteiger partial charge in [-0.25, -0.2) is 0 Å². The summed E-state index contributed by atoms with van der Waals surface area (Å²) < 4.78 is 0. The predicted octanol–water partition coefficient (Wildman–Crippen LogP) is 2.78. The van der Waals surface area contributed by atoms with Crippen LogP contribution in [-0.4, -0.2) is 24.5 Å². The van der Waals surface area contributed by atoms with Gasteiger partial charge in [0, 0.05) is 6.04 Å². The van der Waals surface area contributed by atoms with E-state index in [-0.39, 0.29) is 0 Å². The van der Waals surface area contributed by atoms with Crippen molar-refractivity contribution in [2.75, 3.05) is 13.6 Å². The molecule has 0 aliphatic carbocycles. The summed E-state index contributed by atoms with van der Waals surface area (Å²) in [6.07, 6.45) is 0. The van der Waals surface area contributed by atoms with Crippen molar-refractivity contribution in [3.63, 3.8) is 0 Å². The van der Waals surface area contributed by atoms with Crippen molar-refractivity contribution in [2.45, 2.75) is 33.7 Å². The molecule has 0 aliphatic heterocycles. The van der Waals surface area contributed by atoms with Gasteiger partial charge in [0.1, 0.15) is 0 Å². The lowest BCUT2D eigenvalue weighted by atomic mass is 10.1. The van der Waals surface area contributed by atoms with Gasteiger partial charge in [-0.3, -0.25) is 0 Å².